The Labute approximate surface area is 86.6 Å². The zero-order chi connectivity index (χ0) is 11.6. The lowest BCUT2D eigenvalue weighted by molar-refractivity contribution is -0.138. The highest BCUT2D eigenvalue weighted by molar-refractivity contribution is 7.89. The van der Waals surface area contributed by atoms with E-state index >= 15 is 0 Å². The molecule has 0 aliphatic rings. The molecule has 0 saturated heterocycles. The molecule has 0 bridgehead atoms. The molecule has 1 unspecified atom stereocenters. The lowest BCUT2D eigenvalue weighted by Crippen LogP contribution is -2.38. The number of hydrogen-bond donors (Lipinski definition) is 3. The van der Waals surface area contributed by atoms with Crippen molar-refractivity contribution >= 4 is 16.0 Å². The predicted octanol–water partition coefficient (Wildman–Crippen LogP) is -0.530. The third-order valence-electron chi connectivity index (χ3n) is 1.78. The van der Waals surface area contributed by atoms with Gasteiger partial charge in [0.2, 0.25) is 10.0 Å². The Morgan fingerprint density at radius 2 is 2.27 bits per heavy atom. The lowest BCUT2D eigenvalue weighted by Gasteiger charge is -2.08. The first-order valence-electron chi connectivity index (χ1n) is 4.09. The minimum absolute atomic E-state index is 0.0457. The van der Waals surface area contributed by atoms with Crippen molar-refractivity contribution in [2.75, 3.05) is 0 Å². The fraction of sp³-hybridized carbons (Fsp3) is 0.429. The molecule has 0 saturated carbocycles. The summed E-state index contributed by atoms with van der Waals surface area (Å²) in [4.78, 5) is 10.4. The quantitative estimate of drug-likeness (QED) is 0.647. The normalized spacial score (nSPS) is 13.7. The van der Waals surface area contributed by atoms with Gasteiger partial charge in [0.1, 0.15) is 10.9 Å². The number of rotatable bonds is 4. The van der Waals surface area contributed by atoms with Crippen molar-refractivity contribution in [2.24, 2.45) is 0 Å². The standard InChI is InChI=1S/C7H11N3O4S/c1-4-6(3-8-9-4)15(13,14)10-5(2)7(11)12/h3,5,10H,1-2H3,(H,8,9)(H,11,12). The van der Waals surface area contributed by atoms with Crippen molar-refractivity contribution < 1.29 is 18.3 Å². The second-order valence-electron chi connectivity index (χ2n) is 3.04. The van der Waals surface area contributed by atoms with Gasteiger partial charge in [-0.15, -0.1) is 0 Å². The summed E-state index contributed by atoms with van der Waals surface area (Å²) in [5.41, 5.74) is 0.361. The Bertz CT molecular complexity index is 464. The molecule has 3 N–H and O–H groups in total. The minimum atomic E-state index is -3.82. The molecule has 8 heteroatoms. The Balaban J connectivity index is 2.96. The van der Waals surface area contributed by atoms with Gasteiger partial charge in [0.05, 0.1) is 11.9 Å². The molecule has 15 heavy (non-hydrogen) atoms. The van der Waals surface area contributed by atoms with Crippen molar-refractivity contribution in [3.63, 3.8) is 0 Å². The van der Waals surface area contributed by atoms with Crippen LogP contribution in [0.3, 0.4) is 0 Å². The molecule has 1 aromatic heterocycles. The first-order valence-corrected chi connectivity index (χ1v) is 5.58. The SMILES string of the molecule is Cc1[nH]ncc1S(=O)(=O)NC(C)C(=O)O. The van der Waals surface area contributed by atoms with Gasteiger partial charge in [0.25, 0.3) is 0 Å². The van der Waals surface area contributed by atoms with Gasteiger partial charge in [-0.25, -0.2) is 8.42 Å². The molecule has 0 aromatic carbocycles. The average molecular weight is 233 g/mol. The van der Waals surface area contributed by atoms with Crippen LogP contribution in [0.5, 0.6) is 0 Å². The first-order chi connectivity index (χ1) is 6.84. The van der Waals surface area contributed by atoms with Crippen LogP contribution in [-0.4, -0.2) is 35.7 Å². The Hall–Kier alpha value is -1.41. The van der Waals surface area contributed by atoms with E-state index in [4.69, 9.17) is 5.11 Å². The molecule has 1 heterocycles. The third-order valence-corrected chi connectivity index (χ3v) is 3.43. The van der Waals surface area contributed by atoms with E-state index in [2.05, 4.69) is 10.2 Å². The molecule has 1 aromatic rings. The third kappa shape index (κ3) is 2.54. The maximum atomic E-state index is 11.6. The van der Waals surface area contributed by atoms with Gasteiger partial charge < -0.3 is 5.11 Å². The molecule has 7 nitrogen and oxygen atoms in total. The van der Waals surface area contributed by atoms with Crippen LogP contribution in [0.15, 0.2) is 11.1 Å². The Morgan fingerprint density at radius 3 is 2.67 bits per heavy atom. The molecular weight excluding hydrogens is 222 g/mol. The van der Waals surface area contributed by atoms with Crippen molar-refractivity contribution in [1.82, 2.24) is 14.9 Å². The van der Waals surface area contributed by atoms with Gasteiger partial charge >= 0.3 is 5.97 Å². The van der Waals surface area contributed by atoms with Crippen molar-refractivity contribution in [2.45, 2.75) is 24.8 Å². The van der Waals surface area contributed by atoms with Crippen molar-refractivity contribution in [3.05, 3.63) is 11.9 Å². The van der Waals surface area contributed by atoms with E-state index in [-0.39, 0.29) is 4.90 Å². The van der Waals surface area contributed by atoms with Crippen LogP contribution in [0.1, 0.15) is 12.6 Å². The number of aromatic nitrogens is 2. The molecule has 84 valence electrons. The Kier molecular flexibility index (Phi) is 3.10. The Morgan fingerprint density at radius 1 is 1.67 bits per heavy atom. The number of nitrogens with one attached hydrogen (secondary N) is 2. The van der Waals surface area contributed by atoms with Crippen LogP contribution >= 0.6 is 0 Å². The van der Waals surface area contributed by atoms with Crippen LogP contribution in [0.25, 0.3) is 0 Å². The topological polar surface area (TPSA) is 112 Å². The number of carboxylic acid groups (broad SMARTS) is 1. The van der Waals surface area contributed by atoms with Crippen molar-refractivity contribution in [3.8, 4) is 0 Å². The predicted molar refractivity (Wildman–Crippen MR) is 50.7 cm³/mol. The number of carbonyl (C=O) groups is 1. The number of H-pyrrole nitrogens is 1. The number of sulfonamides is 1. The van der Waals surface area contributed by atoms with Crippen LogP contribution < -0.4 is 4.72 Å². The zero-order valence-electron chi connectivity index (χ0n) is 8.18. The average Bonchev–Trinajstić information content (AvgIpc) is 2.50. The molecule has 0 aliphatic carbocycles. The van der Waals surface area contributed by atoms with E-state index < -0.39 is 22.0 Å². The number of carboxylic acids is 1. The molecule has 0 spiro atoms. The number of aryl methyl sites for hydroxylation is 1. The van der Waals surface area contributed by atoms with Gasteiger partial charge in [-0.3, -0.25) is 9.89 Å². The van der Waals surface area contributed by atoms with Crippen LogP contribution in [-0.2, 0) is 14.8 Å². The highest BCUT2D eigenvalue weighted by atomic mass is 32.2. The molecule has 0 aliphatic heterocycles. The zero-order valence-corrected chi connectivity index (χ0v) is 9.00. The highest BCUT2D eigenvalue weighted by Gasteiger charge is 2.23. The molecule has 0 fully saturated rings. The summed E-state index contributed by atoms with van der Waals surface area (Å²) < 4.78 is 25.2. The largest absolute Gasteiger partial charge is 0.480 e. The molecular formula is C7H11N3O4S. The van der Waals surface area contributed by atoms with E-state index in [1.807, 2.05) is 4.72 Å². The van der Waals surface area contributed by atoms with Gasteiger partial charge in [-0.2, -0.15) is 9.82 Å². The second kappa shape index (κ2) is 3.99. The fourth-order valence-corrected chi connectivity index (χ4v) is 2.29. The summed E-state index contributed by atoms with van der Waals surface area (Å²) in [5.74, 6) is -1.24. The van der Waals surface area contributed by atoms with Crippen LogP contribution in [0.2, 0.25) is 0 Å². The first kappa shape index (κ1) is 11.7. The molecule has 0 radical (unpaired) electrons. The summed E-state index contributed by atoms with van der Waals surface area (Å²) in [6, 6.07) is -1.18. The fourth-order valence-electron chi connectivity index (χ4n) is 0.957. The van der Waals surface area contributed by atoms with E-state index in [1.165, 1.54) is 13.8 Å². The maximum Gasteiger partial charge on any atom is 0.321 e. The number of hydrogen-bond acceptors (Lipinski definition) is 4. The molecule has 0 amide bonds. The summed E-state index contributed by atoms with van der Waals surface area (Å²) in [6.45, 7) is 2.78. The molecule has 1 rings (SSSR count). The second-order valence-corrected chi connectivity index (χ2v) is 4.72. The minimum Gasteiger partial charge on any atom is -0.480 e. The summed E-state index contributed by atoms with van der Waals surface area (Å²) >= 11 is 0. The van der Waals surface area contributed by atoms with Gasteiger partial charge in [-0.1, -0.05) is 0 Å². The monoisotopic (exact) mass is 233 g/mol. The van der Waals surface area contributed by atoms with E-state index in [0.29, 0.717) is 5.69 Å². The highest BCUT2D eigenvalue weighted by Crippen LogP contribution is 2.11. The van der Waals surface area contributed by atoms with Gasteiger partial charge in [-0.05, 0) is 13.8 Å². The summed E-state index contributed by atoms with van der Waals surface area (Å²) in [7, 11) is -3.82. The smallest absolute Gasteiger partial charge is 0.321 e. The summed E-state index contributed by atoms with van der Waals surface area (Å²) in [5, 5.41) is 14.6. The van der Waals surface area contributed by atoms with E-state index in [1.54, 1.807) is 0 Å². The van der Waals surface area contributed by atoms with Gasteiger partial charge in [0, 0.05) is 0 Å². The van der Waals surface area contributed by atoms with E-state index in [9.17, 15) is 13.2 Å². The number of aromatic amines is 1. The lowest BCUT2D eigenvalue weighted by atomic mass is 10.4. The molecule has 1 atom stereocenters. The maximum absolute atomic E-state index is 11.6. The summed E-state index contributed by atoms with van der Waals surface area (Å²) in [6.07, 6.45) is 1.13. The van der Waals surface area contributed by atoms with Crippen molar-refractivity contribution in [1.29, 1.82) is 0 Å². The van der Waals surface area contributed by atoms with Crippen LogP contribution in [0.4, 0.5) is 0 Å². The van der Waals surface area contributed by atoms with Crippen LogP contribution in [0, 0.1) is 6.92 Å². The van der Waals surface area contributed by atoms with E-state index in [0.717, 1.165) is 6.20 Å². The number of nitrogens with zero attached hydrogens (tertiary/aromatic N) is 1. The van der Waals surface area contributed by atoms with Gasteiger partial charge in [0.15, 0.2) is 0 Å². The number of aliphatic carboxylic acids is 1.